The SMILES string of the molecule is COC(=O)CCCn1c(Cc2cccc(Cl)c2)nc2scc(-c3ccco3)c2c1=O. The van der Waals surface area contributed by atoms with Gasteiger partial charge in [0.15, 0.2) is 0 Å². The van der Waals surface area contributed by atoms with Gasteiger partial charge in [-0.05, 0) is 36.2 Å². The Kier molecular flexibility index (Phi) is 6.01. The number of rotatable bonds is 7. The van der Waals surface area contributed by atoms with E-state index in [0.29, 0.717) is 46.2 Å². The topological polar surface area (TPSA) is 74.3 Å². The molecule has 0 bridgehead atoms. The molecular formula is C22H19ClN2O4S. The van der Waals surface area contributed by atoms with Crippen molar-refractivity contribution in [3.63, 3.8) is 0 Å². The maximum absolute atomic E-state index is 13.5. The molecule has 0 aliphatic rings. The fourth-order valence-corrected chi connectivity index (χ4v) is 4.51. The summed E-state index contributed by atoms with van der Waals surface area (Å²) in [5.41, 5.74) is 1.54. The van der Waals surface area contributed by atoms with Crippen molar-refractivity contribution in [2.45, 2.75) is 25.8 Å². The molecule has 0 aliphatic heterocycles. The minimum Gasteiger partial charge on any atom is -0.469 e. The second kappa shape index (κ2) is 8.85. The van der Waals surface area contributed by atoms with E-state index < -0.39 is 0 Å². The number of esters is 1. The lowest BCUT2D eigenvalue weighted by Gasteiger charge is -2.13. The van der Waals surface area contributed by atoms with Crippen molar-refractivity contribution >= 4 is 39.1 Å². The number of furan rings is 1. The summed E-state index contributed by atoms with van der Waals surface area (Å²) < 4.78 is 11.9. The molecule has 0 radical (unpaired) electrons. The molecule has 0 saturated carbocycles. The number of thiophene rings is 1. The van der Waals surface area contributed by atoms with E-state index >= 15 is 0 Å². The molecule has 8 heteroatoms. The van der Waals surface area contributed by atoms with Crippen molar-refractivity contribution in [2.75, 3.05) is 7.11 Å². The van der Waals surface area contributed by atoms with Crippen molar-refractivity contribution in [1.29, 1.82) is 0 Å². The van der Waals surface area contributed by atoms with Gasteiger partial charge in [0.2, 0.25) is 0 Å². The molecule has 0 spiro atoms. The highest BCUT2D eigenvalue weighted by molar-refractivity contribution is 7.17. The molecule has 3 heterocycles. The summed E-state index contributed by atoms with van der Waals surface area (Å²) >= 11 is 7.53. The third-order valence-corrected chi connectivity index (χ3v) is 5.91. The number of ether oxygens (including phenoxy) is 1. The second-order valence-corrected chi connectivity index (χ2v) is 8.07. The Morgan fingerprint density at radius 1 is 1.30 bits per heavy atom. The smallest absolute Gasteiger partial charge is 0.305 e. The van der Waals surface area contributed by atoms with E-state index in [1.54, 1.807) is 23.0 Å². The quantitative estimate of drug-likeness (QED) is 0.380. The zero-order chi connectivity index (χ0) is 21.1. The van der Waals surface area contributed by atoms with Crippen LogP contribution in [0.4, 0.5) is 0 Å². The molecule has 4 aromatic rings. The Labute approximate surface area is 181 Å². The van der Waals surface area contributed by atoms with Crippen LogP contribution in [0.2, 0.25) is 5.02 Å². The first-order valence-corrected chi connectivity index (χ1v) is 10.7. The first-order chi connectivity index (χ1) is 14.6. The second-order valence-electron chi connectivity index (χ2n) is 6.78. The van der Waals surface area contributed by atoms with E-state index in [0.717, 1.165) is 11.1 Å². The van der Waals surface area contributed by atoms with E-state index in [2.05, 4.69) is 0 Å². The van der Waals surface area contributed by atoms with Gasteiger partial charge >= 0.3 is 5.97 Å². The van der Waals surface area contributed by atoms with Gasteiger partial charge in [0, 0.05) is 35.4 Å². The highest BCUT2D eigenvalue weighted by atomic mass is 35.5. The molecule has 154 valence electrons. The van der Waals surface area contributed by atoms with Crippen molar-refractivity contribution in [2.24, 2.45) is 0 Å². The summed E-state index contributed by atoms with van der Waals surface area (Å²) in [6.45, 7) is 0.361. The predicted molar refractivity (Wildman–Crippen MR) is 117 cm³/mol. The van der Waals surface area contributed by atoms with Crippen LogP contribution in [0.3, 0.4) is 0 Å². The zero-order valence-corrected chi connectivity index (χ0v) is 17.8. The number of fused-ring (bicyclic) bond motifs is 1. The fraction of sp³-hybridized carbons (Fsp3) is 0.227. The summed E-state index contributed by atoms with van der Waals surface area (Å²) in [5.74, 6) is 0.955. The molecule has 3 aromatic heterocycles. The number of hydrogen-bond donors (Lipinski definition) is 0. The molecule has 1 aromatic carbocycles. The van der Waals surface area contributed by atoms with Crippen molar-refractivity contribution < 1.29 is 13.9 Å². The molecule has 0 unspecified atom stereocenters. The number of carbonyl (C=O) groups excluding carboxylic acids is 1. The number of benzene rings is 1. The number of methoxy groups -OCH3 is 1. The molecule has 0 saturated heterocycles. The number of nitrogens with zero attached hydrogens (tertiary/aromatic N) is 2. The summed E-state index contributed by atoms with van der Waals surface area (Å²) in [7, 11) is 1.35. The maximum Gasteiger partial charge on any atom is 0.305 e. The molecule has 0 aliphatic carbocycles. The van der Waals surface area contributed by atoms with Gasteiger partial charge in [0.25, 0.3) is 5.56 Å². The summed E-state index contributed by atoms with van der Waals surface area (Å²) in [6, 6.07) is 11.1. The Morgan fingerprint density at radius 2 is 2.17 bits per heavy atom. The molecule has 0 atom stereocenters. The van der Waals surface area contributed by atoms with Crippen LogP contribution in [0.15, 0.2) is 57.3 Å². The lowest BCUT2D eigenvalue weighted by atomic mass is 10.1. The van der Waals surface area contributed by atoms with E-state index in [1.807, 2.05) is 29.6 Å². The Hall–Kier alpha value is -2.90. The summed E-state index contributed by atoms with van der Waals surface area (Å²) in [6.07, 6.45) is 2.74. The normalized spacial score (nSPS) is 11.1. The standard InChI is InChI=1S/C22H19ClN2O4S/c1-28-19(26)8-3-9-25-18(12-14-5-2-6-15(23)11-14)24-21-20(22(25)27)16(13-30-21)17-7-4-10-29-17/h2,4-7,10-11,13H,3,8-9,12H2,1H3. The van der Waals surface area contributed by atoms with Crippen LogP contribution in [-0.4, -0.2) is 22.6 Å². The summed E-state index contributed by atoms with van der Waals surface area (Å²) in [4.78, 5) is 30.5. The van der Waals surface area contributed by atoms with Gasteiger partial charge in [-0.3, -0.25) is 14.2 Å². The Bertz CT molecular complexity index is 1240. The molecule has 0 fully saturated rings. The first kappa shape index (κ1) is 20.4. The van der Waals surface area contributed by atoms with E-state index in [-0.39, 0.29) is 17.9 Å². The maximum atomic E-state index is 13.5. The third-order valence-electron chi connectivity index (χ3n) is 4.80. The van der Waals surface area contributed by atoms with E-state index in [4.69, 9.17) is 25.7 Å². The van der Waals surface area contributed by atoms with Gasteiger partial charge in [-0.1, -0.05) is 23.7 Å². The average molecular weight is 443 g/mol. The average Bonchev–Trinajstić information content (AvgIpc) is 3.39. The van der Waals surface area contributed by atoms with Gasteiger partial charge in [0.05, 0.1) is 18.8 Å². The number of carbonyl (C=O) groups is 1. The predicted octanol–water partition coefficient (Wildman–Crippen LogP) is 4.92. The Morgan fingerprint density at radius 3 is 2.90 bits per heavy atom. The van der Waals surface area contributed by atoms with Gasteiger partial charge in [-0.15, -0.1) is 11.3 Å². The van der Waals surface area contributed by atoms with Crippen LogP contribution in [0.25, 0.3) is 21.5 Å². The zero-order valence-electron chi connectivity index (χ0n) is 16.3. The van der Waals surface area contributed by atoms with Gasteiger partial charge in [-0.25, -0.2) is 4.98 Å². The lowest BCUT2D eigenvalue weighted by Crippen LogP contribution is -2.26. The van der Waals surface area contributed by atoms with Crippen LogP contribution in [0.5, 0.6) is 0 Å². The van der Waals surface area contributed by atoms with E-state index in [1.165, 1.54) is 18.4 Å². The monoisotopic (exact) mass is 442 g/mol. The van der Waals surface area contributed by atoms with Crippen molar-refractivity contribution in [3.05, 3.63) is 74.8 Å². The highest BCUT2D eigenvalue weighted by Gasteiger charge is 2.19. The highest BCUT2D eigenvalue weighted by Crippen LogP contribution is 2.31. The number of aromatic nitrogens is 2. The van der Waals surface area contributed by atoms with Crippen LogP contribution >= 0.6 is 22.9 Å². The van der Waals surface area contributed by atoms with Crippen molar-refractivity contribution in [1.82, 2.24) is 9.55 Å². The minimum atomic E-state index is -0.305. The first-order valence-electron chi connectivity index (χ1n) is 9.43. The van der Waals surface area contributed by atoms with Crippen molar-refractivity contribution in [3.8, 4) is 11.3 Å². The van der Waals surface area contributed by atoms with Crippen LogP contribution in [0, 0.1) is 0 Å². The Balaban J connectivity index is 1.79. The minimum absolute atomic E-state index is 0.144. The molecular weight excluding hydrogens is 424 g/mol. The lowest BCUT2D eigenvalue weighted by molar-refractivity contribution is -0.140. The fourth-order valence-electron chi connectivity index (χ4n) is 3.36. The van der Waals surface area contributed by atoms with Gasteiger partial charge in [0.1, 0.15) is 16.4 Å². The molecule has 6 nitrogen and oxygen atoms in total. The van der Waals surface area contributed by atoms with Crippen LogP contribution in [-0.2, 0) is 22.5 Å². The van der Waals surface area contributed by atoms with Crippen LogP contribution in [0.1, 0.15) is 24.2 Å². The molecule has 0 N–H and O–H groups in total. The van der Waals surface area contributed by atoms with Gasteiger partial charge < -0.3 is 9.15 Å². The largest absolute Gasteiger partial charge is 0.469 e. The number of hydrogen-bond acceptors (Lipinski definition) is 6. The van der Waals surface area contributed by atoms with Gasteiger partial charge in [-0.2, -0.15) is 0 Å². The third kappa shape index (κ3) is 4.17. The number of halogens is 1. The van der Waals surface area contributed by atoms with E-state index in [9.17, 15) is 9.59 Å². The van der Waals surface area contributed by atoms with Crippen LogP contribution < -0.4 is 5.56 Å². The molecule has 4 rings (SSSR count). The summed E-state index contributed by atoms with van der Waals surface area (Å²) in [5, 5.41) is 3.05. The molecule has 0 amide bonds. The molecule has 30 heavy (non-hydrogen) atoms.